The van der Waals surface area contributed by atoms with Crippen LogP contribution >= 0.6 is 11.6 Å². The van der Waals surface area contributed by atoms with Gasteiger partial charge in [-0.15, -0.1) is 11.6 Å². The summed E-state index contributed by atoms with van der Waals surface area (Å²) in [6.07, 6.45) is 0.959. The average molecular weight is 283 g/mol. The molecule has 1 aromatic heterocycles. The highest BCUT2D eigenvalue weighted by atomic mass is 35.5. The largest absolute Gasteiger partial charge is 0.494 e. The third-order valence-corrected chi connectivity index (χ3v) is 3.53. The van der Waals surface area contributed by atoms with Gasteiger partial charge in [0.1, 0.15) is 17.1 Å². The molecule has 0 amide bonds. The van der Waals surface area contributed by atoms with E-state index in [2.05, 4.69) is 16.5 Å². The van der Waals surface area contributed by atoms with Crippen molar-refractivity contribution < 1.29 is 9.47 Å². The van der Waals surface area contributed by atoms with Crippen LogP contribution in [0.5, 0.6) is 5.75 Å². The van der Waals surface area contributed by atoms with Crippen molar-refractivity contribution in [3.8, 4) is 5.75 Å². The third-order valence-electron chi connectivity index (χ3n) is 3.29. The molecule has 0 radical (unpaired) electrons. The summed E-state index contributed by atoms with van der Waals surface area (Å²) >= 11 is 6.04. The number of benzene rings is 1. The quantitative estimate of drug-likeness (QED) is 0.762. The van der Waals surface area contributed by atoms with Crippen LogP contribution in [-0.2, 0) is 10.6 Å². The van der Waals surface area contributed by atoms with Crippen LogP contribution in [-0.4, -0.2) is 30.4 Å². The smallest absolute Gasteiger partial charge is 0.146 e. The zero-order valence-corrected chi connectivity index (χ0v) is 12.3. The SMILES string of the molecule is CCC(COC)n1c(CCl)nc2c(OC)cccc21. The van der Waals surface area contributed by atoms with Crippen LogP contribution < -0.4 is 4.74 Å². The maximum Gasteiger partial charge on any atom is 0.146 e. The molecule has 0 saturated heterocycles. The van der Waals surface area contributed by atoms with Crippen molar-refractivity contribution >= 4 is 22.6 Å². The van der Waals surface area contributed by atoms with Crippen LogP contribution in [0.1, 0.15) is 25.2 Å². The van der Waals surface area contributed by atoms with Gasteiger partial charge in [0.05, 0.1) is 31.2 Å². The minimum Gasteiger partial charge on any atom is -0.494 e. The first-order chi connectivity index (χ1) is 9.26. The molecule has 104 valence electrons. The fourth-order valence-corrected chi connectivity index (χ4v) is 2.56. The van der Waals surface area contributed by atoms with Crippen LogP contribution in [0.15, 0.2) is 18.2 Å². The number of aromatic nitrogens is 2. The van der Waals surface area contributed by atoms with Crippen molar-refractivity contribution in [2.75, 3.05) is 20.8 Å². The summed E-state index contributed by atoms with van der Waals surface area (Å²) < 4.78 is 12.8. The van der Waals surface area contributed by atoms with Crippen LogP contribution in [0.4, 0.5) is 0 Å². The van der Waals surface area contributed by atoms with Crippen molar-refractivity contribution in [3.05, 3.63) is 24.0 Å². The van der Waals surface area contributed by atoms with Crippen LogP contribution in [0.25, 0.3) is 11.0 Å². The van der Waals surface area contributed by atoms with E-state index in [9.17, 15) is 0 Å². The number of ether oxygens (including phenoxy) is 2. The highest BCUT2D eigenvalue weighted by molar-refractivity contribution is 6.16. The first-order valence-electron chi connectivity index (χ1n) is 6.35. The molecule has 2 rings (SSSR count). The number of para-hydroxylation sites is 1. The normalized spacial score (nSPS) is 12.8. The van der Waals surface area contributed by atoms with Crippen molar-refractivity contribution in [2.24, 2.45) is 0 Å². The lowest BCUT2D eigenvalue weighted by Crippen LogP contribution is -2.16. The minimum absolute atomic E-state index is 0.232. The van der Waals surface area contributed by atoms with E-state index in [1.807, 2.05) is 18.2 Å². The molecule has 1 heterocycles. The van der Waals surface area contributed by atoms with E-state index in [0.29, 0.717) is 12.5 Å². The second-order valence-corrected chi connectivity index (χ2v) is 4.64. The standard InChI is InChI=1S/C14H19ClN2O2/c1-4-10(9-18-2)17-11-6-5-7-12(19-3)14(11)16-13(17)8-15/h5-7,10H,4,8-9H2,1-3H3. The molecule has 0 bridgehead atoms. The molecule has 2 aromatic rings. The first-order valence-corrected chi connectivity index (χ1v) is 6.88. The summed E-state index contributed by atoms with van der Waals surface area (Å²) in [7, 11) is 3.36. The first kappa shape index (κ1) is 14.2. The third kappa shape index (κ3) is 2.55. The zero-order valence-electron chi connectivity index (χ0n) is 11.5. The van der Waals surface area contributed by atoms with Gasteiger partial charge >= 0.3 is 0 Å². The number of imidazole rings is 1. The summed E-state index contributed by atoms with van der Waals surface area (Å²) in [4.78, 5) is 4.60. The van der Waals surface area contributed by atoms with Crippen molar-refractivity contribution in [1.29, 1.82) is 0 Å². The van der Waals surface area contributed by atoms with Gasteiger partial charge in [-0.05, 0) is 18.6 Å². The highest BCUT2D eigenvalue weighted by Crippen LogP contribution is 2.30. The van der Waals surface area contributed by atoms with Gasteiger partial charge in [0.2, 0.25) is 0 Å². The molecular formula is C14H19ClN2O2. The highest BCUT2D eigenvalue weighted by Gasteiger charge is 2.19. The number of fused-ring (bicyclic) bond motifs is 1. The molecule has 5 heteroatoms. The molecule has 0 N–H and O–H groups in total. The van der Waals surface area contributed by atoms with Crippen molar-refractivity contribution in [1.82, 2.24) is 9.55 Å². The summed E-state index contributed by atoms with van der Waals surface area (Å²) in [5.74, 6) is 2.00. The number of alkyl halides is 1. The number of halogens is 1. The van der Waals surface area contributed by atoms with E-state index in [1.165, 1.54) is 0 Å². The number of nitrogens with zero attached hydrogens (tertiary/aromatic N) is 2. The molecule has 0 spiro atoms. The molecule has 0 saturated carbocycles. The van der Waals surface area contributed by atoms with Crippen LogP contribution in [0.3, 0.4) is 0 Å². The van der Waals surface area contributed by atoms with Crippen LogP contribution in [0.2, 0.25) is 0 Å². The maximum atomic E-state index is 6.04. The van der Waals surface area contributed by atoms with E-state index in [0.717, 1.165) is 29.0 Å². The maximum absolute atomic E-state index is 6.04. The Kier molecular flexibility index (Phi) is 4.66. The summed E-state index contributed by atoms with van der Waals surface area (Å²) in [5, 5.41) is 0. The zero-order chi connectivity index (χ0) is 13.8. The van der Waals surface area contributed by atoms with Gasteiger partial charge in [0.25, 0.3) is 0 Å². The van der Waals surface area contributed by atoms with Gasteiger partial charge in [0, 0.05) is 7.11 Å². The summed E-state index contributed by atoms with van der Waals surface area (Å²) in [6.45, 7) is 2.77. The Morgan fingerprint density at radius 2 is 2.16 bits per heavy atom. The van der Waals surface area contributed by atoms with Gasteiger partial charge in [-0.1, -0.05) is 13.0 Å². The second kappa shape index (κ2) is 6.26. The Bertz CT molecular complexity index is 554. The van der Waals surface area contributed by atoms with Crippen molar-refractivity contribution in [2.45, 2.75) is 25.3 Å². The number of methoxy groups -OCH3 is 2. The summed E-state index contributed by atoms with van der Waals surface area (Å²) in [5.41, 5.74) is 1.90. The number of hydrogen-bond donors (Lipinski definition) is 0. The predicted octanol–water partition coefficient (Wildman–Crippen LogP) is 3.38. The van der Waals surface area contributed by atoms with Gasteiger partial charge in [-0.25, -0.2) is 4.98 Å². The number of rotatable bonds is 6. The van der Waals surface area contributed by atoms with E-state index < -0.39 is 0 Å². The Morgan fingerprint density at radius 1 is 1.37 bits per heavy atom. The molecule has 4 nitrogen and oxygen atoms in total. The Labute approximate surface area is 118 Å². The van der Waals surface area contributed by atoms with Gasteiger partial charge < -0.3 is 14.0 Å². The van der Waals surface area contributed by atoms with Gasteiger partial charge in [0.15, 0.2) is 0 Å². The Hall–Kier alpha value is -1.26. The average Bonchev–Trinajstić information content (AvgIpc) is 2.83. The molecule has 1 aromatic carbocycles. The van der Waals surface area contributed by atoms with Crippen molar-refractivity contribution in [3.63, 3.8) is 0 Å². The molecule has 0 fully saturated rings. The van der Waals surface area contributed by atoms with Gasteiger partial charge in [-0.2, -0.15) is 0 Å². The molecule has 19 heavy (non-hydrogen) atoms. The lowest BCUT2D eigenvalue weighted by molar-refractivity contribution is 0.154. The molecular weight excluding hydrogens is 264 g/mol. The Morgan fingerprint density at radius 3 is 2.74 bits per heavy atom. The topological polar surface area (TPSA) is 36.3 Å². The molecule has 0 aliphatic carbocycles. The summed E-state index contributed by atoms with van der Waals surface area (Å²) in [6, 6.07) is 6.15. The fraction of sp³-hybridized carbons (Fsp3) is 0.500. The lowest BCUT2D eigenvalue weighted by Gasteiger charge is -2.19. The van der Waals surface area contributed by atoms with Gasteiger partial charge in [-0.3, -0.25) is 0 Å². The number of hydrogen-bond acceptors (Lipinski definition) is 3. The molecule has 0 aliphatic heterocycles. The van der Waals surface area contributed by atoms with Crippen LogP contribution in [0, 0.1) is 0 Å². The predicted molar refractivity (Wildman–Crippen MR) is 77.0 cm³/mol. The molecule has 1 unspecified atom stereocenters. The molecule has 0 aliphatic rings. The van der Waals surface area contributed by atoms with E-state index in [1.54, 1.807) is 14.2 Å². The fourth-order valence-electron chi connectivity index (χ4n) is 2.37. The van der Waals surface area contributed by atoms with E-state index >= 15 is 0 Å². The minimum atomic E-state index is 0.232. The monoisotopic (exact) mass is 282 g/mol. The Balaban J connectivity index is 2.63. The lowest BCUT2D eigenvalue weighted by atomic mass is 10.2. The van der Waals surface area contributed by atoms with E-state index in [-0.39, 0.29) is 6.04 Å². The molecule has 1 atom stereocenters. The second-order valence-electron chi connectivity index (χ2n) is 4.38. The van der Waals surface area contributed by atoms with E-state index in [4.69, 9.17) is 21.1 Å².